The summed E-state index contributed by atoms with van der Waals surface area (Å²) in [6, 6.07) is 8.82. The van der Waals surface area contributed by atoms with Gasteiger partial charge in [0.25, 0.3) is 5.91 Å². The molecule has 14 heteroatoms. The number of hydrogen-bond donors (Lipinski definition) is 1. The summed E-state index contributed by atoms with van der Waals surface area (Å²) >= 11 is 0. The van der Waals surface area contributed by atoms with Crippen molar-refractivity contribution in [3.8, 4) is 0 Å². The minimum atomic E-state index is -4.97. The summed E-state index contributed by atoms with van der Waals surface area (Å²) < 4.78 is 93.9. The Hall–Kier alpha value is -4.07. The van der Waals surface area contributed by atoms with Gasteiger partial charge in [-0.2, -0.15) is 31.4 Å². The van der Waals surface area contributed by atoms with Gasteiger partial charge in [0.15, 0.2) is 5.69 Å². The van der Waals surface area contributed by atoms with Crippen LogP contribution in [0, 0.1) is 0 Å². The van der Waals surface area contributed by atoms with E-state index in [0.29, 0.717) is 30.6 Å². The highest BCUT2D eigenvalue weighted by Crippen LogP contribution is 2.39. The first-order chi connectivity index (χ1) is 20.2. The monoisotopic (exact) mass is 612 g/mol. The Morgan fingerprint density at radius 3 is 2.26 bits per heavy atom. The second-order valence-electron chi connectivity index (χ2n) is 10.1. The second kappa shape index (κ2) is 12.7. The van der Waals surface area contributed by atoms with Crippen LogP contribution in [0.4, 0.5) is 32.2 Å². The number of rotatable bonds is 10. The largest absolute Gasteiger partial charge is 0.465 e. The first-order valence-electron chi connectivity index (χ1n) is 13.3. The van der Waals surface area contributed by atoms with Crippen LogP contribution in [0.25, 0.3) is 0 Å². The van der Waals surface area contributed by atoms with E-state index >= 15 is 0 Å². The van der Waals surface area contributed by atoms with Gasteiger partial charge in [0, 0.05) is 26.8 Å². The molecule has 0 bridgehead atoms. The number of carbonyl (C=O) groups excluding carboxylic acids is 2. The van der Waals surface area contributed by atoms with E-state index < -0.39 is 47.1 Å². The van der Waals surface area contributed by atoms with Crippen molar-refractivity contribution >= 4 is 17.7 Å². The van der Waals surface area contributed by atoms with Crippen LogP contribution in [0.1, 0.15) is 68.1 Å². The molecule has 1 aromatic heterocycles. The Balaban J connectivity index is 1.65. The van der Waals surface area contributed by atoms with Crippen molar-refractivity contribution in [3.63, 3.8) is 0 Å². The Kier molecular flexibility index (Phi) is 9.38. The number of carbonyl (C=O) groups is 2. The fourth-order valence-electron chi connectivity index (χ4n) is 4.99. The molecule has 1 aliphatic rings. The molecule has 1 amide bonds. The number of esters is 1. The van der Waals surface area contributed by atoms with Gasteiger partial charge in [-0.05, 0) is 60.7 Å². The van der Waals surface area contributed by atoms with E-state index in [1.54, 1.807) is 13.0 Å². The van der Waals surface area contributed by atoms with Crippen molar-refractivity contribution in [2.24, 2.45) is 0 Å². The van der Waals surface area contributed by atoms with Gasteiger partial charge in [-0.1, -0.05) is 18.2 Å². The molecule has 2 aromatic carbocycles. The minimum Gasteiger partial charge on any atom is -0.465 e. The zero-order valence-corrected chi connectivity index (χ0v) is 23.6. The number of amides is 1. The van der Waals surface area contributed by atoms with Gasteiger partial charge in [-0.3, -0.25) is 4.79 Å². The maximum absolute atomic E-state index is 14.1. The molecule has 0 radical (unpaired) electrons. The fourth-order valence-corrected chi connectivity index (χ4v) is 4.99. The lowest BCUT2D eigenvalue weighted by molar-refractivity contribution is -0.142. The minimum absolute atomic E-state index is 0.00982. The van der Waals surface area contributed by atoms with Crippen LogP contribution < -0.4 is 10.2 Å². The lowest BCUT2D eigenvalue weighted by atomic mass is 10.0. The molecule has 2 heterocycles. The summed E-state index contributed by atoms with van der Waals surface area (Å²) in [5, 5.41) is 6.22. The highest BCUT2D eigenvalue weighted by molar-refractivity contribution is 6.01. The van der Waals surface area contributed by atoms with Crippen LogP contribution in [0.2, 0.25) is 0 Å². The number of fused-ring (bicyclic) bond motifs is 1. The number of alkyl halides is 6. The molecule has 43 heavy (non-hydrogen) atoms. The van der Waals surface area contributed by atoms with Gasteiger partial charge < -0.3 is 19.7 Å². The topological polar surface area (TPSA) is 85.7 Å². The number of aromatic nitrogens is 2. The standard InChI is InChI=1S/C29H30F6N4O4/c1-17(20-6-8-21(9-7-20)27(41)43-3)36-25(40)23-24(29(33,34)35)37-39-11-10-38(26(23)39)16-19-13-18(5-4-12-42-2)14-22(15-19)28(30,31)32/h6-9,13-15,17H,4-5,10-12,16H2,1-3H3,(H,36,40)/t17-/m0/s1. The zero-order chi connectivity index (χ0) is 31.5. The predicted molar refractivity (Wildman–Crippen MR) is 144 cm³/mol. The highest BCUT2D eigenvalue weighted by atomic mass is 19.4. The summed E-state index contributed by atoms with van der Waals surface area (Å²) in [6.45, 7) is 1.89. The van der Waals surface area contributed by atoms with Crippen LogP contribution in [-0.2, 0) is 41.3 Å². The zero-order valence-electron chi connectivity index (χ0n) is 23.6. The summed E-state index contributed by atoms with van der Waals surface area (Å²) in [5.41, 5.74) is -1.55. The summed E-state index contributed by atoms with van der Waals surface area (Å²) in [5.74, 6) is -1.75. The molecule has 1 atom stereocenters. The molecule has 1 aliphatic heterocycles. The molecule has 3 aromatic rings. The Morgan fingerprint density at radius 2 is 1.65 bits per heavy atom. The molecule has 4 rings (SSSR count). The van der Waals surface area contributed by atoms with Crippen molar-refractivity contribution in [3.05, 3.63) is 81.5 Å². The average Bonchev–Trinajstić information content (AvgIpc) is 3.52. The van der Waals surface area contributed by atoms with Crippen LogP contribution in [0.3, 0.4) is 0 Å². The van der Waals surface area contributed by atoms with Crippen molar-refractivity contribution in [2.75, 3.05) is 32.3 Å². The summed E-state index contributed by atoms with van der Waals surface area (Å²) in [6.07, 6.45) is -8.80. The first-order valence-corrected chi connectivity index (χ1v) is 13.3. The van der Waals surface area contributed by atoms with Crippen LogP contribution >= 0.6 is 0 Å². The Labute approximate surface area is 243 Å². The molecular formula is C29H30F6N4O4. The number of anilines is 1. The predicted octanol–water partition coefficient (Wildman–Crippen LogP) is 5.80. The van der Waals surface area contributed by atoms with Crippen molar-refractivity contribution in [2.45, 2.75) is 51.2 Å². The maximum atomic E-state index is 14.1. The summed E-state index contributed by atoms with van der Waals surface area (Å²) in [4.78, 5) is 26.5. The third-order valence-corrected chi connectivity index (χ3v) is 7.05. The van der Waals surface area contributed by atoms with Gasteiger partial charge in [0.2, 0.25) is 0 Å². The van der Waals surface area contributed by atoms with E-state index in [1.165, 1.54) is 43.4 Å². The molecule has 0 saturated carbocycles. The third kappa shape index (κ3) is 7.29. The molecule has 0 fully saturated rings. The third-order valence-electron chi connectivity index (χ3n) is 7.05. The SMILES string of the molecule is COCCCc1cc(CN2CCn3nc(C(F)(F)F)c(C(=O)N[C@@H](C)c4ccc(C(=O)OC)cc4)c32)cc(C(F)(F)F)c1. The number of aryl methyl sites for hydroxylation is 1. The van der Waals surface area contributed by atoms with Crippen LogP contribution in [0.15, 0.2) is 42.5 Å². The number of hydrogen-bond acceptors (Lipinski definition) is 6. The van der Waals surface area contributed by atoms with E-state index in [-0.39, 0.29) is 36.6 Å². The van der Waals surface area contributed by atoms with Gasteiger partial charge in [-0.25, -0.2) is 9.48 Å². The quantitative estimate of drug-likeness (QED) is 0.177. The van der Waals surface area contributed by atoms with Gasteiger partial charge in [0.1, 0.15) is 11.4 Å². The van der Waals surface area contributed by atoms with Crippen LogP contribution in [-0.4, -0.2) is 49.0 Å². The lowest BCUT2D eigenvalue weighted by Crippen LogP contribution is -2.31. The molecule has 0 spiro atoms. The highest BCUT2D eigenvalue weighted by Gasteiger charge is 2.44. The number of methoxy groups -OCH3 is 2. The number of ether oxygens (including phenoxy) is 2. The maximum Gasteiger partial charge on any atom is 0.436 e. The van der Waals surface area contributed by atoms with Crippen molar-refractivity contribution in [1.29, 1.82) is 0 Å². The Bertz CT molecular complexity index is 1470. The first kappa shape index (κ1) is 31.9. The molecule has 1 N–H and O–H groups in total. The van der Waals surface area contributed by atoms with Gasteiger partial charge in [-0.15, -0.1) is 0 Å². The molecule has 0 saturated heterocycles. The molecule has 0 unspecified atom stereocenters. The number of nitrogens with one attached hydrogen (secondary N) is 1. The smallest absolute Gasteiger partial charge is 0.436 e. The molecular weight excluding hydrogens is 582 g/mol. The van der Waals surface area contributed by atoms with E-state index in [4.69, 9.17) is 4.74 Å². The van der Waals surface area contributed by atoms with Gasteiger partial charge >= 0.3 is 18.3 Å². The van der Waals surface area contributed by atoms with E-state index in [1.807, 2.05) is 0 Å². The lowest BCUT2D eigenvalue weighted by Gasteiger charge is -2.22. The second-order valence-corrected chi connectivity index (χ2v) is 10.1. The molecule has 232 valence electrons. The number of halogens is 6. The van der Waals surface area contributed by atoms with E-state index in [2.05, 4.69) is 15.2 Å². The fraction of sp³-hybridized carbons (Fsp3) is 0.414. The number of benzene rings is 2. The van der Waals surface area contributed by atoms with E-state index in [0.717, 1.165) is 16.8 Å². The van der Waals surface area contributed by atoms with Crippen molar-refractivity contribution < 1.29 is 45.4 Å². The Morgan fingerprint density at radius 1 is 0.977 bits per heavy atom. The van der Waals surface area contributed by atoms with Crippen LogP contribution in [0.5, 0.6) is 0 Å². The molecule has 0 aliphatic carbocycles. The molecule has 8 nitrogen and oxygen atoms in total. The van der Waals surface area contributed by atoms with E-state index in [9.17, 15) is 35.9 Å². The average molecular weight is 613 g/mol. The van der Waals surface area contributed by atoms with Crippen molar-refractivity contribution in [1.82, 2.24) is 15.1 Å². The summed E-state index contributed by atoms with van der Waals surface area (Å²) in [7, 11) is 2.71. The number of nitrogens with zero attached hydrogens (tertiary/aromatic N) is 3. The van der Waals surface area contributed by atoms with Gasteiger partial charge in [0.05, 0.1) is 30.8 Å². The normalized spacial score (nSPS) is 14.0.